The zero-order valence-corrected chi connectivity index (χ0v) is 9.37. The predicted octanol–water partition coefficient (Wildman–Crippen LogP) is 1.42. The van der Waals surface area contributed by atoms with Crippen LogP contribution in [0, 0.1) is 11.8 Å². The number of carbonyl (C=O) groups excluding carboxylic acids is 1. The molecule has 0 bridgehead atoms. The van der Waals surface area contributed by atoms with Crippen LogP contribution in [0.1, 0.15) is 44.9 Å². The minimum Gasteiger partial charge on any atom is -0.352 e. The van der Waals surface area contributed by atoms with Gasteiger partial charge in [0.1, 0.15) is 0 Å². The minimum atomic E-state index is 0.235. The van der Waals surface area contributed by atoms with E-state index in [1.165, 1.54) is 32.1 Å². The van der Waals surface area contributed by atoms with Crippen LogP contribution in [0.15, 0.2) is 0 Å². The molecule has 0 spiro atoms. The molecule has 0 aliphatic heterocycles. The quantitative estimate of drug-likeness (QED) is 0.737. The molecule has 2 aliphatic carbocycles. The van der Waals surface area contributed by atoms with Gasteiger partial charge in [0, 0.05) is 18.5 Å². The van der Waals surface area contributed by atoms with Gasteiger partial charge in [0.25, 0.3) is 0 Å². The molecular formula is C12H22N2O. The number of nitrogens with two attached hydrogens (primary N) is 1. The third-order valence-electron chi connectivity index (χ3n) is 3.75. The summed E-state index contributed by atoms with van der Waals surface area (Å²) in [5, 5.41) is 3.13. The van der Waals surface area contributed by atoms with Gasteiger partial charge in [-0.1, -0.05) is 19.3 Å². The van der Waals surface area contributed by atoms with Crippen molar-refractivity contribution in [3.05, 3.63) is 0 Å². The van der Waals surface area contributed by atoms with Crippen LogP contribution in [0.5, 0.6) is 0 Å². The molecule has 2 saturated carbocycles. The van der Waals surface area contributed by atoms with Gasteiger partial charge in [0.05, 0.1) is 0 Å². The van der Waals surface area contributed by atoms with Crippen LogP contribution >= 0.6 is 0 Å². The molecule has 2 rings (SSSR count). The lowest BCUT2D eigenvalue weighted by molar-refractivity contribution is -0.123. The molecule has 15 heavy (non-hydrogen) atoms. The topological polar surface area (TPSA) is 55.1 Å². The van der Waals surface area contributed by atoms with Crippen molar-refractivity contribution in [2.45, 2.75) is 51.0 Å². The molecule has 3 nitrogen and oxygen atoms in total. The molecule has 0 aromatic carbocycles. The fraction of sp³-hybridized carbons (Fsp3) is 0.917. The van der Waals surface area contributed by atoms with E-state index < -0.39 is 0 Å². The van der Waals surface area contributed by atoms with Crippen molar-refractivity contribution in [1.82, 2.24) is 5.32 Å². The second kappa shape index (κ2) is 4.97. The van der Waals surface area contributed by atoms with E-state index in [0.717, 1.165) is 12.8 Å². The molecule has 0 saturated heterocycles. The average molecular weight is 210 g/mol. The van der Waals surface area contributed by atoms with Crippen molar-refractivity contribution < 1.29 is 4.79 Å². The van der Waals surface area contributed by atoms with Crippen molar-refractivity contribution in [2.75, 3.05) is 6.54 Å². The van der Waals surface area contributed by atoms with Crippen LogP contribution in [0.4, 0.5) is 0 Å². The molecule has 86 valence electrons. The standard InChI is InChI=1S/C12H22N2O/c13-8-11(9-4-2-1-3-5-9)14-12(15)10-6-7-10/h9-11H,1-8,13H2,(H,14,15). The first-order valence-corrected chi connectivity index (χ1v) is 6.31. The van der Waals surface area contributed by atoms with E-state index in [0.29, 0.717) is 18.4 Å². The molecule has 2 fully saturated rings. The highest BCUT2D eigenvalue weighted by Crippen LogP contribution is 2.30. The van der Waals surface area contributed by atoms with Crippen LogP contribution < -0.4 is 11.1 Å². The van der Waals surface area contributed by atoms with Crippen LogP contribution in [-0.2, 0) is 4.79 Å². The number of nitrogens with one attached hydrogen (secondary N) is 1. The van der Waals surface area contributed by atoms with Crippen molar-refractivity contribution in [1.29, 1.82) is 0 Å². The molecule has 2 aliphatic rings. The molecule has 0 aromatic rings. The third-order valence-corrected chi connectivity index (χ3v) is 3.75. The van der Waals surface area contributed by atoms with E-state index in [9.17, 15) is 4.79 Å². The van der Waals surface area contributed by atoms with E-state index in [4.69, 9.17) is 5.73 Å². The van der Waals surface area contributed by atoms with E-state index in [1.54, 1.807) is 0 Å². The molecule has 1 unspecified atom stereocenters. The molecule has 0 radical (unpaired) electrons. The van der Waals surface area contributed by atoms with Gasteiger partial charge in [-0.2, -0.15) is 0 Å². The van der Waals surface area contributed by atoms with E-state index in [1.807, 2.05) is 0 Å². The predicted molar refractivity (Wildman–Crippen MR) is 60.3 cm³/mol. The van der Waals surface area contributed by atoms with Crippen molar-refractivity contribution in [3.8, 4) is 0 Å². The van der Waals surface area contributed by atoms with Gasteiger partial charge in [-0.25, -0.2) is 0 Å². The Morgan fingerprint density at radius 2 is 1.87 bits per heavy atom. The largest absolute Gasteiger partial charge is 0.352 e. The Morgan fingerprint density at radius 1 is 1.20 bits per heavy atom. The second-order valence-electron chi connectivity index (χ2n) is 5.02. The highest BCUT2D eigenvalue weighted by molar-refractivity contribution is 5.81. The maximum Gasteiger partial charge on any atom is 0.223 e. The van der Waals surface area contributed by atoms with Crippen LogP contribution in [0.3, 0.4) is 0 Å². The summed E-state index contributed by atoms with van der Waals surface area (Å²) in [6.45, 7) is 0.600. The maximum absolute atomic E-state index is 11.7. The van der Waals surface area contributed by atoms with Gasteiger partial charge in [-0.15, -0.1) is 0 Å². The van der Waals surface area contributed by atoms with Crippen LogP contribution in [0.25, 0.3) is 0 Å². The molecule has 1 atom stereocenters. The van der Waals surface area contributed by atoms with Crippen LogP contribution in [0.2, 0.25) is 0 Å². The zero-order valence-electron chi connectivity index (χ0n) is 9.37. The Balaban J connectivity index is 1.81. The second-order valence-corrected chi connectivity index (χ2v) is 5.02. The molecule has 0 heterocycles. The number of rotatable bonds is 4. The highest BCUT2D eigenvalue weighted by Gasteiger charge is 2.32. The molecule has 3 heteroatoms. The van der Waals surface area contributed by atoms with Crippen molar-refractivity contribution in [3.63, 3.8) is 0 Å². The smallest absolute Gasteiger partial charge is 0.223 e. The van der Waals surface area contributed by atoms with Crippen LogP contribution in [-0.4, -0.2) is 18.5 Å². The molecule has 1 amide bonds. The summed E-state index contributed by atoms with van der Waals surface area (Å²) >= 11 is 0. The maximum atomic E-state index is 11.7. The number of carbonyl (C=O) groups is 1. The fourth-order valence-electron chi connectivity index (χ4n) is 2.55. The summed E-state index contributed by atoms with van der Waals surface area (Å²) in [6.07, 6.45) is 8.60. The molecule has 3 N–H and O–H groups in total. The summed E-state index contributed by atoms with van der Waals surface area (Å²) in [7, 11) is 0. The molecule has 0 aromatic heterocycles. The summed E-state index contributed by atoms with van der Waals surface area (Å²) in [4.78, 5) is 11.7. The lowest BCUT2D eigenvalue weighted by Crippen LogP contribution is -2.46. The SMILES string of the molecule is NCC(NC(=O)C1CC1)C1CCCCC1. The monoisotopic (exact) mass is 210 g/mol. The van der Waals surface area contributed by atoms with E-state index in [-0.39, 0.29) is 11.9 Å². The average Bonchev–Trinajstić information content (AvgIpc) is 3.10. The summed E-state index contributed by atoms with van der Waals surface area (Å²) in [5.74, 6) is 1.19. The van der Waals surface area contributed by atoms with E-state index >= 15 is 0 Å². The Kier molecular flexibility index (Phi) is 3.62. The lowest BCUT2D eigenvalue weighted by Gasteiger charge is -2.30. The fourth-order valence-corrected chi connectivity index (χ4v) is 2.55. The van der Waals surface area contributed by atoms with Gasteiger partial charge >= 0.3 is 0 Å². The first kappa shape index (κ1) is 10.9. The van der Waals surface area contributed by atoms with Gasteiger partial charge < -0.3 is 11.1 Å². The highest BCUT2D eigenvalue weighted by atomic mass is 16.2. The van der Waals surface area contributed by atoms with Gasteiger partial charge in [-0.05, 0) is 31.6 Å². The Bertz CT molecular complexity index is 220. The zero-order chi connectivity index (χ0) is 10.7. The number of amides is 1. The van der Waals surface area contributed by atoms with E-state index in [2.05, 4.69) is 5.32 Å². The Hall–Kier alpha value is -0.570. The first-order chi connectivity index (χ1) is 7.31. The van der Waals surface area contributed by atoms with Crippen molar-refractivity contribution >= 4 is 5.91 Å². The summed E-state index contributed by atoms with van der Waals surface area (Å²) in [5.41, 5.74) is 5.76. The minimum absolute atomic E-state index is 0.235. The van der Waals surface area contributed by atoms with Gasteiger partial charge in [0.15, 0.2) is 0 Å². The van der Waals surface area contributed by atoms with Gasteiger partial charge in [0.2, 0.25) is 5.91 Å². The normalized spacial score (nSPS) is 24.9. The molecular weight excluding hydrogens is 188 g/mol. The summed E-state index contributed by atoms with van der Waals surface area (Å²) in [6, 6.07) is 0.235. The lowest BCUT2D eigenvalue weighted by atomic mass is 9.84. The van der Waals surface area contributed by atoms with Crippen molar-refractivity contribution in [2.24, 2.45) is 17.6 Å². The Morgan fingerprint density at radius 3 is 2.40 bits per heavy atom. The number of hydrogen-bond donors (Lipinski definition) is 2. The third kappa shape index (κ3) is 2.94. The number of hydrogen-bond acceptors (Lipinski definition) is 2. The first-order valence-electron chi connectivity index (χ1n) is 6.31. The van der Waals surface area contributed by atoms with Gasteiger partial charge in [-0.3, -0.25) is 4.79 Å². The summed E-state index contributed by atoms with van der Waals surface area (Å²) < 4.78 is 0. The Labute approximate surface area is 91.8 Å².